The highest BCUT2D eigenvalue weighted by Gasteiger charge is 2.28. The second-order valence-corrected chi connectivity index (χ2v) is 6.39. The maximum absolute atomic E-state index is 3.73. The minimum Gasteiger partial charge on any atom is -0.296 e. The normalized spacial score (nSPS) is 12.4. The van der Waals surface area contributed by atoms with E-state index in [-0.39, 0.29) is 0 Å². The molecule has 0 N–H and O–H groups in total. The van der Waals surface area contributed by atoms with Gasteiger partial charge in [0.25, 0.3) is 0 Å². The van der Waals surface area contributed by atoms with Gasteiger partial charge in [-0.15, -0.1) is 0 Å². The van der Waals surface area contributed by atoms with Crippen LogP contribution in [0.4, 0.5) is 0 Å². The Morgan fingerprint density at radius 3 is 2.11 bits per heavy atom. The van der Waals surface area contributed by atoms with Gasteiger partial charge in [-0.25, -0.2) is 0 Å². The molecule has 0 amide bonds. The zero-order chi connectivity index (χ0) is 14.3. The van der Waals surface area contributed by atoms with Gasteiger partial charge in [0.1, 0.15) is 0 Å². The van der Waals surface area contributed by atoms with E-state index in [1.165, 1.54) is 18.4 Å². The molecule has 0 saturated heterocycles. The van der Waals surface area contributed by atoms with Crippen LogP contribution in [-0.4, -0.2) is 22.8 Å². The Hall–Kier alpha value is -0.340. The van der Waals surface area contributed by atoms with E-state index in [0.29, 0.717) is 11.5 Å². The molecule has 0 fully saturated rings. The lowest BCUT2D eigenvalue weighted by Gasteiger charge is -2.38. The third-order valence-corrected chi connectivity index (χ3v) is 5.47. The molecule has 0 aliphatic heterocycles. The van der Waals surface area contributed by atoms with Crippen LogP contribution in [0.25, 0.3) is 0 Å². The number of benzene rings is 1. The van der Waals surface area contributed by atoms with E-state index < -0.39 is 0 Å². The molecule has 1 aromatic rings. The Labute approximate surface area is 127 Å². The molecule has 0 bridgehead atoms. The first kappa shape index (κ1) is 16.7. The Balaban J connectivity index is 2.78. The summed E-state index contributed by atoms with van der Waals surface area (Å²) in [5.41, 5.74) is 1.81. The summed E-state index contributed by atoms with van der Waals surface area (Å²) in [4.78, 5) is 2.60. The van der Waals surface area contributed by atoms with Crippen molar-refractivity contribution in [3.8, 4) is 0 Å². The van der Waals surface area contributed by atoms with Gasteiger partial charge >= 0.3 is 0 Å². The van der Waals surface area contributed by atoms with Crippen molar-refractivity contribution in [2.75, 3.05) is 11.9 Å². The standard InChI is InChI=1S/C17H28BrN/c1-5-17(6-2,13-18)14-19(15(3)4)12-16-10-8-7-9-11-16/h7-11,15H,5-6,12-14H2,1-4H3. The van der Waals surface area contributed by atoms with Crippen molar-refractivity contribution in [2.45, 2.75) is 53.1 Å². The maximum atomic E-state index is 3.73. The molecule has 1 nitrogen and oxygen atoms in total. The van der Waals surface area contributed by atoms with E-state index >= 15 is 0 Å². The summed E-state index contributed by atoms with van der Waals surface area (Å²) >= 11 is 3.73. The molecule has 0 aliphatic rings. The first-order valence-corrected chi connectivity index (χ1v) is 8.53. The molecule has 108 valence electrons. The molecule has 19 heavy (non-hydrogen) atoms. The highest BCUT2D eigenvalue weighted by molar-refractivity contribution is 9.09. The average molecular weight is 326 g/mol. The molecular weight excluding hydrogens is 298 g/mol. The monoisotopic (exact) mass is 325 g/mol. The van der Waals surface area contributed by atoms with Crippen LogP contribution in [0.3, 0.4) is 0 Å². The fourth-order valence-corrected chi connectivity index (χ4v) is 3.34. The van der Waals surface area contributed by atoms with Crippen LogP contribution < -0.4 is 0 Å². The molecule has 1 rings (SSSR count). The molecule has 1 aromatic carbocycles. The molecular formula is C17H28BrN. The number of hydrogen-bond donors (Lipinski definition) is 0. The van der Waals surface area contributed by atoms with Gasteiger partial charge in [-0.05, 0) is 37.7 Å². The van der Waals surface area contributed by atoms with Crippen LogP contribution in [0.5, 0.6) is 0 Å². The van der Waals surface area contributed by atoms with E-state index in [1.54, 1.807) is 0 Å². The lowest BCUT2D eigenvalue weighted by Crippen LogP contribution is -2.41. The second-order valence-electron chi connectivity index (χ2n) is 5.83. The van der Waals surface area contributed by atoms with Crippen molar-refractivity contribution >= 4 is 15.9 Å². The fourth-order valence-electron chi connectivity index (χ4n) is 2.37. The van der Waals surface area contributed by atoms with Crippen molar-refractivity contribution < 1.29 is 0 Å². The zero-order valence-electron chi connectivity index (χ0n) is 12.8. The number of alkyl halides is 1. The van der Waals surface area contributed by atoms with Crippen molar-refractivity contribution in [3.63, 3.8) is 0 Å². The Morgan fingerprint density at radius 2 is 1.68 bits per heavy atom. The van der Waals surface area contributed by atoms with Gasteiger partial charge in [-0.2, -0.15) is 0 Å². The first-order valence-electron chi connectivity index (χ1n) is 7.41. The predicted molar refractivity (Wildman–Crippen MR) is 88.8 cm³/mol. The first-order chi connectivity index (χ1) is 9.06. The van der Waals surface area contributed by atoms with Gasteiger partial charge in [-0.1, -0.05) is 60.1 Å². The van der Waals surface area contributed by atoms with E-state index in [4.69, 9.17) is 0 Å². The van der Waals surface area contributed by atoms with Crippen LogP contribution in [0, 0.1) is 5.41 Å². The molecule has 0 unspecified atom stereocenters. The van der Waals surface area contributed by atoms with E-state index in [1.807, 2.05) is 0 Å². The smallest absolute Gasteiger partial charge is 0.0236 e. The van der Waals surface area contributed by atoms with E-state index in [0.717, 1.165) is 18.4 Å². The highest BCUT2D eigenvalue weighted by Crippen LogP contribution is 2.31. The van der Waals surface area contributed by atoms with Gasteiger partial charge in [0.15, 0.2) is 0 Å². The SMILES string of the molecule is CCC(CC)(CBr)CN(Cc1ccccc1)C(C)C. The van der Waals surface area contributed by atoms with Gasteiger partial charge in [0.05, 0.1) is 0 Å². The molecule has 2 heteroatoms. The van der Waals surface area contributed by atoms with Gasteiger partial charge < -0.3 is 0 Å². The third-order valence-electron chi connectivity index (χ3n) is 4.28. The van der Waals surface area contributed by atoms with E-state index in [9.17, 15) is 0 Å². The Kier molecular flexibility index (Phi) is 7.09. The minimum atomic E-state index is 0.402. The summed E-state index contributed by atoms with van der Waals surface area (Å²) in [5, 5.41) is 1.09. The lowest BCUT2D eigenvalue weighted by atomic mass is 9.83. The minimum absolute atomic E-state index is 0.402. The number of halogens is 1. The van der Waals surface area contributed by atoms with Crippen LogP contribution in [0.1, 0.15) is 46.1 Å². The van der Waals surface area contributed by atoms with Gasteiger partial charge in [0.2, 0.25) is 0 Å². The number of nitrogens with zero attached hydrogens (tertiary/aromatic N) is 1. The second kappa shape index (κ2) is 8.06. The summed E-state index contributed by atoms with van der Waals surface area (Å²) in [6.45, 7) is 11.4. The quantitative estimate of drug-likeness (QED) is 0.601. The third kappa shape index (κ3) is 4.92. The largest absolute Gasteiger partial charge is 0.296 e. The van der Waals surface area contributed by atoms with Gasteiger partial charge in [0, 0.05) is 24.5 Å². The average Bonchev–Trinajstić information content (AvgIpc) is 2.45. The van der Waals surface area contributed by atoms with Crippen molar-refractivity contribution in [1.82, 2.24) is 4.90 Å². The molecule has 0 aliphatic carbocycles. The van der Waals surface area contributed by atoms with Crippen molar-refractivity contribution in [1.29, 1.82) is 0 Å². The van der Waals surface area contributed by atoms with Gasteiger partial charge in [-0.3, -0.25) is 4.90 Å². The number of rotatable bonds is 8. The zero-order valence-corrected chi connectivity index (χ0v) is 14.4. The maximum Gasteiger partial charge on any atom is 0.0236 e. The topological polar surface area (TPSA) is 3.24 Å². The van der Waals surface area contributed by atoms with E-state index in [2.05, 4.69) is 78.9 Å². The molecule has 0 spiro atoms. The van der Waals surface area contributed by atoms with Crippen molar-refractivity contribution in [3.05, 3.63) is 35.9 Å². The Morgan fingerprint density at radius 1 is 1.11 bits per heavy atom. The molecule has 0 atom stereocenters. The van der Waals surface area contributed by atoms with Crippen LogP contribution in [0.15, 0.2) is 30.3 Å². The summed E-state index contributed by atoms with van der Waals surface area (Å²) in [5.74, 6) is 0. The highest BCUT2D eigenvalue weighted by atomic mass is 79.9. The van der Waals surface area contributed by atoms with Crippen LogP contribution in [-0.2, 0) is 6.54 Å². The molecule has 0 heterocycles. The number of hydrogen-bond acceptors (Lipinski definition) is 1. The fraction of sp³-hybridized carbons (Fsp3) is 0.647. The summed E-state index contributed by atoms with van der Waals surface area (Å²) in [6, 6.07) is 11.4. The van der Waals surface area contributed by atoms with Crippen LogP contribution in [0.2, 0.25) is 0 Å². The summed E-state index contributed by atoms with van der Waals surface area (Å²) < 4.78 is 0. The Bertz CT molecular complexity index is 335. The van der Waals surface area contributed by atoms with Crippen molar-refractivity contribution in [2.24, 2.45) is 5.41 Å². The lowest BCUT2D eigenvalue weighted by molar-refractivity contribution is 0.122. The molecule has 0 radical (unpaired) electrons. The molecule has 0 aromatic heterocycles. The van der Waals surface area contributed by atoms with Crippen LogP contribution >= 0.6 is 15.9 Å². The predicted octanol–water partition coefficient (Wildman–Crippen LogP) is 5.10. The summed E-state index contributed by atoms with van der Waals surface area (Å²) in [7, 11) is 0. The summed E-state index contributed by atoms with van der Waals surface area (Å²) in [6.07, 6.45) is 2.46. The molecule has 0 saturated carbocycles.